The van der Waals surface area contributed by atoms with E-state index in [4.69, 9.17) is 9.47 Å². The van der Waals surface area contributed by atoms with Crippen molar-refractivity contribution < 1.29 is 19.1 Å². The van der Waals surface area contributed by atoms with Crippen LogP contribution in [0.2, 0.25) is 0 Å². The van der Waals surface area contributed by atoms with Crippen molar-refractivity contribution in [2.24, 2.45) is 0 Å². The maximum Gasteiger partial charge on any atom is 0.342 e. The first-order valence-corrected chi connectivity index (χ1v) is 7.37. The third kappa shape index (κ3) is 3.63. The lowest BCUT2D eigenvalue weighted by Gasteiger charge is -2.02. The number of methoxy groups -OCH3 is 1. The Hall–Kier alpha value is -2.37. The average Bonchev–Trinajstić information content (AvgIpc) is 2.89. The molecule has 0 unspecified atom stereocenters. The van der Waals surface area contributed by atoms with Crippen molar-refractivity contribution >= 4 is 17.5 Å². The second kappa shape index (κ2) is 7.59. The van der Waals surface area contributed by atoms with Gasteiger partial charge in [0.15, 0.2) is 0 Å². The number of ether oxygens (including phenoxy) is 2. The Bertz CT molecular complexity index is 663. The molecule has 0 spiro atoms. The summed E-state index contributed by atoms with van der Waals surface area (Å²) in [6, 6.07) is 5.54. The van der Waals surface area contributed by atoms with Crippen LogP contribution in [-0.2, 0) is 20.7 Å². The number of fused-ring (bicyclic) bond motifs is 1. The van der Waals surface area contributed by atoms with Crippen molar-refractivity contribution in [2.45, 2.75) is 32.6 Å². The maximum absolute atomic E-state index is 12.0. The Morgan fingerprint density at radius 2 is 2.09 bits per heavy atom. The van der Waals surface area contributed by atoms with Gasteiger partial charge in [-0.2, -0.15) is 5.10 Å². The van der Waals surface area contributed by atoms with E-state index in [1.165, 1.54) is 7.11 Å². The third-order valence-electron chi connectivity index (χ3n) is 3.35. The van der Waals surface area contributed by atoms with E-state index < -0.39 is 0 Å². The first-order chi connectivity index (χ1) is 10.7. The molecule has 0 aliphatic heterocycles. The number of rotatable bonds is 7. The van der Waals surface area contributed by atoms with Gasteiger partial charge < -0.3 is 9.47 Å². The van der Waals surface area contributed by atoms with E-state index in [0.717, 1.165) is 11.9 Å². The van der Waals surface area contributed by atoms with Crippen LogP contribution in [0.5, 0.6) is 0 Å². The number of carbonyl (C=O) groups excluding carboxylic acids is 2. The highest BCUT2D eigenvalue weighted by atomic mass is 16.5. The van der Waals surface area contributed by atoms with Crippen molar-refractivity contribution in [1.29, 1.82) is 0 Å². The summed E-state index contributed by atoms with van der Waals surface area (Å²) in [7, 11) is 1.36. The van der Waals surface area contributed by atoms with Gasteiger partial charge in [0, 0.05) is 12.6 Å². The van der Waals surface area contributed by atoms with Crippen LogP contribution in [0, 0.1) is 0 Å². The number of carbonyl (C=O) groups is 2. The van der Waals surface area contributed by atoms with Crippen molar-refractivity contribution in [3.05, 3.63) is 35.7 Å². The normalized spacial score (nSPS) is 10.6. The first kappa shape index (κ1) is 16.0. The molecule has 118 valence electrons. The minimum Gasteiger partial charge on any atom is -0.466 e. The summed E-state index contributed by atoms with van der Waals surface area (Å²) >= 11 is 0. The number of hydrogen-bond acceptors (Lipinski definition) is 5. The molecule has 2 aromatic heterocycles. The van der Waals surface area contributed by atoms with E-state index in [0.29, 0.717) is 37.1 Å². The zero-order chi connectivity index (χ0) is 15.9. The molecule has 0 aliphatic rings. The van der Waals surface area contributed by atoms with E-state index in [9.17, 15) is 9.59 Å². The summed E-state index contributed by atoms with van der Waals surface area (Å²) in [6.07, 6.45) is 4.25. The van der Waals surface area contributed by atoms with Gasteiger partial charge in [-0.05, 0) is 38.3 Å². The van der Waals surface area contributed by atoms with Gasteiger partial charge >= 0.3 is 11.9 Å². The van der Waals surface area contributed by atoms with Gasteiger partial charge in [-0.1, -0.05) is 6.07 Å². The summed E-state index contributed by atoms with van der Waals surface area (Å²) in [5.41, 5.74) is 1.93. The van der Waals surface area contributed by atoms with E-state index in [1.807, 2.05) is 18.2 Å². The number of hydrogen-bond donors (Lipinski definition) is 0. The number of aromatic nitrogens is 2. The highest BCUT2D eigenvalue weighted by Gasteiger charge is 2.19. The highest BCUT2D eigenvalue weighted by Crippen LogP contribution is 2.19. The molecule has 0 amide bonds. The molecule has 0 saturated carbocycles. The van der Waals surface area contributed by atoms with Crippen LogP contribution >= 0.6 is 0 Å². The fraction of sp³-hybridized carbons (Fsp3) is 0.438. The standard InChI is InChI=1S/C16H20N2O4/c1-3-22-14(19)10-5-4-8-12-15(16(20)21-2)13-9-6-7-11-18(13)17-12/h6-7,9,11H,3-5,8,10H2,1-2H3. The van der Waals surface area contributed by atoms with Crippen LogP contribution in [0.4, 0.5) is 0 Å². The zero-order valence-corrected chi connectivity index (χ0v) is 12.9. The Morgan fingerprint density at radius 3 is 2.82 bits per heavy atom. The quantitative estimate of drug-likeness (QED) is 0.580. The summed E-state index contributed by atoms with van der Waals surface area (Å²) < 4.78 is 11.4. The predicted octanol–water partition coefficient (Wildman–Crippen LogP) is 2.40. The molecule has 6 heteroatoms. The molecule has 0 bridgehead atoms. The lowest BCUT2D eigenvalue weighted by molar-refractivity contribution is -0.143. The van der Waals surface area contributed by atoms with Gasteiger partial charge in [0.2, 0.25) is 0 Å². The number of nitrogens with zero attached hydrogens (tertiary/aromatic N) is 2. The average molecular weight is 304 g/mol. The monoisotopic (exact) mass is 304 g/mol. The molecule has 22 heavy (non-hydrogen) atoms. The molecule has 2 heterocycles. The molecule has 0 aromatic carbocycles. The van der Waals surface area contributed by atoms with Crippen LogP contribution in [0.1, 0.15) is 42.2 Å². The maximum atomic E-state index is 12.0. The molecule has 0 aliphatic carbocycles. The molecule has 6 nitrogen and oxygen atoms in total. The molecule has 0 atom stereocenters. The van der Waals surface area contributed by atoms with Crippen molar-refractivity contribution in [2.75, 3.05) is 13.7 Å². The van der Waals surface area contributed by atoms with Crippen molar-refractivity contribution in [3.63, 3.8) is 0 Å². The van der Waals surface area contributed by atoms with E-state index in [1.54, 1.807) is 17.6 Å². The predicted molar refractivity (Wildman–Crippen MR) is 80.7 cm³/mol. The van der Waals surface area contributed by atoms with Crippen LogP contribution in [0.3, 0.4) is 0 Å². The second-order valence-corrected chi connectivity index (χ2v) is 4.86. The molecule has 0 saturated heterocycles. The SMILES string of the molecule is CCOC(=O)CCCCc1nn2ccccc2c1C(=O)OC. The Kier molecular flexibility index (Phi) is 5.52. The topological polar surface area (TPSA) is 69.9 Å². The van der Waals surface area contributed by atoms with Crippen molar-refractivity contribution in [3.8, 4) is 0 Å². The van der Waals surface area contributed by atoms with Crippen molar-refractivity contribution in [1.82, 2.24) is 9.61 Å². The van der Waals surface area contributed by atoms with E-state index >= 15 is 0 Å². The summed E-state index contributed by atoms with van der Waals surface area (Å²) in [5.74, 6) is -0.577. The third-order valence-corrected chi connectivity index (χ3v) is 3.35. The fourth-order valence-corrected chi connectivity index (χ4v) is 2.34. The fourth-order valence-electron chi connectivity index (χ4n) is 2.34. The molecule has 2 aromatic rings. The van der Waals surface area contributed by atoms with E-state index in [-0.39, 0.29) is 11.9 Å². The van der Waals surface area contributed by atoms with Gasteiger partial charge in [-0.25, -0.2) is 9.31 Å². The Morgan fingerprint density at radius 1 is 1.27 bits per heavy atom. The Labute approximate surface area is 129 Å². The van der Waals surface area contributed by atoms with Gasteiger partial charge in [0.25, 0.3) is 0 Å². The molecular weight excluding hydrogens is 284 g/mol. The molecule has 0 radical (unpaired) electrons. The Balaban J connectivity index is 2.07. The lowest BCUT2D eigenvalue weighted by Crippen LogP contribution is -2.06. The molecule has 0 fully saturated rings. The molecular formula is C16H20N2O4. The van der Waals surface area contributed by atoms with E-state index in [2.05, 4.69) is 5.10 Å². The smallest absolute Gasteiger partial charge is 0.342 e. The van der Waals surface area contributed by atoms with Gasteiger partial charge in [-0.3, -0.25) is 4.79 Å². The molecule has 0 N–H and O–H groups in total. The summed E-state index contributed by atoms with van der Waals surface area (Å²) in [4.78, 5) is 23.3. The minimum atomic E-state index is -0.387. The minimum absolute atomic E-state index is 0.189. The number of pyridine rings is 1. The number of unbranched alkanes of at least 4 members (excludes halogenated alkanes) is 1. The number of aryl methyl sites for hydroxylation is 1. The van der Waals surface area contributed by atoms with Crippen LogP contribution < -0.4 is 0 Å². The zero-order valence-electron chi connectivity index (χ0n) is 12.9. The first-order valence-electron chi connectivity index (χ1n) is 7.37. The van der Waals surface area contributed by atoms with Gasteiger partial charge in [0.05, 0.1) is 24.9 Å². The second-order valence-electron chi connectivity index (χ2n) is 4.86. The van der Waals surface area contributed by atoms with Gasteiger partial charge in [-0.15, -0.1) is 0 Å². The lowest BCUT2D eigenvalue weighted by atomic mass is 10.1. The number of esters is 2. The van der Waals surface area contributed by atoms with Crippen LogP contribution in [-0.4, -0.2) is 35.3 Å². The summed E-state index contributed by atoms with van der Waals surface area (Å²) in [5, 5.41) is 4.43. The summed E-state index contributed by atoms with van der Waals surface area (Å²) in [6.45, 7) is 2.19. The van der Waals surface area contributed by atoms with Crippen LogP contribution in [0.25, 0.3) is 5.52 Å². The highest BCUT2D eigenvalue weighted by molar-refractivity contribution is 5.98. The van der Waals surface area contributed by atoms with Crippen LogP contribution in [0.15, 0.2) is 24.4 Å². The molecule has 2 rings (SSSR count). The largest absolute Gasteiger partial charge is 0.466 e. The van der Waals surface area contributed by atoms with Gasteiger partial charge in [0.1, 0.15) is 5.56 Å².